The summed E-state index contributed by atoms with van der Waals surface area (Å²) in [6, 6.07) is 0. The number of hydrogen-bond donors (Lipinski definition) is 1. The molecule has 0 aromatic carbocycles. The van der Waals surface area contributed by atoms with E-state index in [9.17, 15) is 4.79 Å². The molecule has 0 aliphatic carbocycles. The zero-order valence-corrected chi connectivity index (χ0v) is 9.70. The summed E-state index contributed by atoms with van der Waals surface area (Å²) in [6.07, 6.45) is 0. The minimum atomic E-state index is -0.906. The number of halogens is 1. The summed E-state index contributed by atoms with van der Waals surface area (Å²) in [5, 5.41) is 12.9. The molecule has 0 aliphatic heterocycles. The Bertz CT molecular complexity index is 362. The molecule has 1 heterocycles. The highest BCUT2D eigenvalue weighted by molar-refractivity contribution is 9.10. The van der Waals surface area contributed by atoms with Crippen molar-refractivity contribution in [2.75, 3.05) is 7.11 Å². The summed E-state index contributed by atoms with van der Waals surface area (Å²) < 4.78 is 7.16. The van der Waals surface area contributed by atoms with Crippen molar-refractivity contribution >= 4 is 21.9 Å². The molecule has 0 aliphatic rings. The van der Waals surface area contributed by atoms with E-state index in [0.717, 1.165) is 0 Å². The molecular formula is C8H11BrN2O3. The van der Waals surface area contributed by atoms with E-state index >= 15 is 0 Å². The molecular weight excluding hydrogens is 252 g/mol. The van der Waals surface area contributed by atoms with Crippen LogP contribution in [0.15, 0.2) is 4.60 Å². The highest BCUT2D eigenvalue weighted by Crippen LogP contribution is 2.32. The zero-order valence-electron chi connectivity index (χ0n) is 8.11. The fourth-order valence-electron chi connectivity index (χ4n) is 1.13. The average molecular weight is 263 g/mol. The van der Waals surface area contributed by atoms with E-state index in [1.165, 1.54) is 11.8 Å². The molecule has 0 bridgehead atoms. The van der Waals surface area contributed by atoms with Gasteiger partial charge in [-0.15, -0.1) is 5.10 Å². The van der Waals surface area contributed by atoms with Crippen LogP contribution in [0.3, 0.4) is 0 Å². The predicted octanol–water partition coefficient (Wildman–Crippen LogP) is 1.38. The Morgan fingerprint density at radius 1 is 1.71 bits per heavy atom. The lowest BCUT2D eigenvalue weighted by molar-refractivity contribution is -0.138. The van der Waals surface area contributed by atoms with Crippen molar-refractivity contribution in [2.24, 2.45) is 7.05 Å². The lowest BCUT2D eigenvalue weighted by Gasteiger charge is -2.05. The van der Waals surface area contributed by atoms with Gasteiger partial charge >= 0.3 is 5.97 Å². The number of nitrogens with zero attached hydrogens (tertiary/aromatic N) is 2. The van der Waals surface area contributed by atoms with Crippen molar-refractivity contribution in [1.29, 1.82) is 0 Å². The molecule has 14 heavy (non-hydrogen) atoms. The molecule has 78 valence electrons. The van der Waals surface area contributed by atoms with Crippen LogP contribution in [0.2, 0.25) is 0 Å². The number of rotatable bonds is 3. The average Bonchev–Trinajstić information content (AvgIpc) is 2.42. The largest absolute Gasteiger partial charge is 0.481 e. The number of carbonyl (C=O) groups is 1. The van der Waals surface area contributed by atoms with E-state index in [0.29, 0.717) is 16.0 Å². The van der Waals surface area contributed by atoms with Gasteiger partial charge in [-0.2, -0.15) is 0 Å². The molecule has 1 N–H and O–H groups in total. The molecule has 0 saturated heterocycles. The Hall–Kier alpha value is -1.04. The van der Waals surface area contributed by atoms with Gasteiger partial charge in [-0.05, 0) is 22.9 Å². The molecule has 1 unspecified atom stereocenters. The van der Waals surface area contributed by atoms with Gasteiger partial charge in [0.05, 0.1) is 18.6 Å². The molecule has 1 atom stereocenters. The van der Waals surface area contributed by atoms with Crippen LogP contribution in [0.4, 0.5) is 0 Å². The van der Waals surface area contributed by atoms with Gasteiger partial charge in [0.15, 0.2) is 0 Å². The summed E-state index contributed by atoms with van der Waals surface area (Å²) in [5.41, 5.74) is 0.558. The van der Waals surface area contributed by atoms with Crippen LogP contribution in [0.5, 0.6) is 5.88 Å². The van der Waals surface area contributed by atoms with E-state index in [4.69, 9.17) is 9.84 Å². The third-order valence-electron chi connectivity index (χ3n) is 1.97. The second-order valence-corrected chi connectivity index (χ2v) is 3.65. The lowest BCUT2D eigenvalue weighted by Crippen LogP contribution is -2.08. The smallest absolute Gasteiger partial charge is 0.311 e. The Balaban J connectivity index is 3.23. The minimum absolute atomic E-state index is 0.342. The van der Waals surface area contributed by atoms with Crippen molar-refractivity contribution in [3.8, 4) is 5.88 Å². The van der Waals surface area contributed by atoms with E-state index in [1.54, 1.807) is 14.0 Å². The Morgan fingerprint density at radius 3 is 2.71 bits per heavy atom. The van der Waals surface area contributed by atoms with Crippen LogP contribution in [-0.4, -0.2) is 28.0 Å². The maximum Gasteiger partial charge on any atom is 0.311 e. The van der Waals surface area contributed by atoms with Crippen molar-refractivity contribution in [3.63, 3.8) is 0 Å². The Kier molecular flexibility index (Phi) is 3.15. The molecule has 1 rings (SSSR count). The van der Waals surface area contributed by atoms with Crippen LogP contribution in [0.25, 0.3) is 0 Å². The van der Waals surface area contributed by atoms with Gasteiger partial charge in [-0.1, -0.05) is 0 Å². The number of ether oxygens (including phenoxy) is 1. The molecule has 0 fully saturated rings. The maximum atomic E-state index is 10.8. The summed E-state index contributed by atoms with van der Waals surface area (Å²) in [7, 11) is 3.18. The molecule has 0 amide bonds. The number of methoxy groups -OCH3 is 1. The molecule has 0 spiro atoms. The second kappa shape index (κ2) is 4.00. The van der Waals surface area contributed by atoms with Crippen molar-refractivity contribution in [1.82, 2.24) is 9.78 Å². The van der Waals surface area contributed by atoms with Gasteiger partial charge in [0.25, 0.3) is 0 Å². The van der Waals surface area contributed by atoms with Gasteiger partial charge in [0.1, 0.15) is 4.60 Å². The second-order valence-electron chi connectivity index (χ2n) is 2.90. The van der Waals surface area contributed by atoms with Crippen molar-refractivity contribution < 1.29 is 14.6 Å². The SMILES string of the molecule is COc1nn(C)c(Br)c1C(C)C(=O)O. The monoisotopic (exact) mass is 262 g/mol. The van der Waals surface area contributed by atoms with Crippen LogP contribution >= 0.6 is 15.9 Å². The van der Waals surface area contributed by atoms with E-state index in [2.05, 4.69) is 21.0 Å². The first-order valence-corrected chi connectivity index (χ1v) is 4.77. The molecule has 1 aromatic rings. The van der Waals surface area contributed by atoms with Crippen LogP contribution in [0, 0.1) is 0 Å². The number of aryl methyl sites for hydroxylation is 1. The van der Waals surface area contributed by atoms with E-state index in [1.807, 2.05) is 0 Å². The third-order valence-corrected chi connectivity index (χ3v) is 2.91. The van der Waals surface area contributed by atoms with Gasteiger partial charge in [0, 0.05) is 7.05 Å². The topological polar surface area (TPSA) is 64.4 Å². The molecule has 5 nitrogen and oxygen atoms in total. The highest BCUT2D eigenvalue weighted by atomic mass is 79.9. The first-order chi connectivity index (χ1) is 6.49. The number of aromatic nitrogens is 2. The molecule has 0 radical (unpaired) electrons. The molecule has 1 aromatic heterocycles. The zero-order chi connectivity index (χ0) is 10.9. The Morgan fingerprint density at radius 2 is 2.29 bits per heavy atom. The normalized spacial score (nSPS) is 12.6. The van der Waals surface area contributed by atoms with E-state index < -0.39 is 11.9 Å². The van der Waals surface area contributed by atoms with Gasteiger partial charge in [-0.3, -0.25) is 9.48 Å². The molecule has 0 saturated carbocycles. The number of carboxylic acids is 1. The number of carboxylic acid groups (broad SMARTS) is 1. The summed E-state index contributed by atoms with van der Waals surface area (Å²) in [4.78, 5) is 10.8. The summed E-state index contributed by atoms with van der Waals surface area (Å²) in [6.45, 7) is 1.59. The van der Waals surface area contributed by atoms with Crippen LogP contribution in [0.1, 0.15) is 18.4 Å². The first kappa shape index (κ1) is 11.0. The van der Waals surface area contributed by atoms with Crippen LogP contribution < -0.4 is 4.74 Å². The van der Waals surface area contributed by atoms with Crippen LogP contribution in [-0.2, 0) is 11.8 Å². The summed E-state index contributed by atoms with van der Waals surface area (Å²) in [5.74, 6) is -1.21. The molecule has 6 heteroatoms. The highest BCUT2D eigenvalue weighted by Gasteiger charge is 2.25. The fraction of sp³-hybridized carbons (Fsp3) is 0.500. The third kappa shape index (κ3) is 1.75. The van der Waals surface area contributed by atoms with Gasteiger partial charge < -0.3 is 9.84 Å². The number of aliphatic carboxylic acids is 1. The van der Waals surface area contributed by atoms with Gasteiger partial charge in [-0.25, -0.2) is 0 Å². The predicted molar refractivity (Wildman–Crippen MR) is 53.5 cm³/mol. The van der Waals surface area contributed by atoms with Gasteiger partial charge in [0.2, 0.25) is 5.88 Å². The standard InChI is InChI=1S/C8H11BrN2O3/c1-4(8(12)13)5-6(9)11(2)10-7(5)14-3/h4H,1-3H3,(H,12,13). The first-order valence-electron chi connectivity index (χ1n) is 3.98. The maximum absolute atomic E-state index is 10.8. The van der Waals surface area contributed by atoms with Crippen molar-refractivity contribution in [3.05, 3.63) is 10.2 Å². The quantitative estimate of drug-likeness (QED) is 0.894. The number of hydrogen-bond acceptors (Lipinski definition) is 3. The van der Waals surface area contributed by atoms with Crippen molar-refractivity contribution in [2.45, 2.75) is 12.8 Å². The Labute approximate surface area is 89.8 Å². The fourth-order valence-corrected chi connectivity index (χ4v) is 1.73. The lowest BCUT2D eigenvalue weighted by atomic mass is 10.1. The summed E-state index contributed by atoms with van der Waals surface area (Å²) >= 11 is 3.27. The minimum Gasteiger partial charge on any atom is -0.481 e. The van der Waals surface area contributed by atoms with E-state index in [-0.39, 0.29) is 0 Å².